The Hall–Kier alpha value is -2.96. The number of carbonyl (C=O) groups excluding carboxylic acids is 1. The average molecular weight is 437 g/mol. The molecular formula is C25H28N2O3S. The van der Waals surface area contributed by atoms with E-state index in [2.05, 4.69) is 10.0 Å². The van der Waals surface area contributed by atoms with Crippen LogP contribution in [-0.4, -0.2) is 14.3 Å². The molecule has 2 N–H and O–H groups in total. The zero-order valence-corrected chi connectivity index (χ0v) is 18.6. The van der Waals surface area contributed by atoms with Crippen molar-refractivity contribution < 1.29 is 13.2 Å². The SMILES string of the molecule is C[C@H](NC(=O)CCc1ccc(S(=O)(=O)N[C@H](C)c2ccccc2)cc1)c1ccccc1. The van der Waals surface area contributed by atoms with Gasteiger partial charge in [0, 0.05) is 12.5 Å². The Morgan fingerprint density at radius 3 is 1.84 bits per heavy atom. The third-order valence-corrected chi connectivity index (χ3v) is 6.74. The second kappa shape index (κ2) is 10.4. The summed E-state index contributed by atoms with van der Waals surface area (Å²) in [7, 11) is -3.63. The van der Waals surface area contributed by atoms with Crippen molar-refractivity contribution in [3.8, 4) is 0 Å². The number of sulfonamides is 1. The average Bonchev–Trinajstić information content (AvgIpc) is 2.79. The first-order valence-electron chi connectivity index (χ1n) is 10.4. The fourth-order valence-electron chi connectivity index (χ4n) is 3.34. The van der Waals surface area contributed by atoms with Crippen LogP contribution in [0, 0.1) is 0 Å². The number of hydrogen-bond acceptors (Lipinski definition) is 3. The van der Waals surface area contributed by atoms with Gasteiger partial charge in [-0.3, -0.25) is 4.79 Å². The summed E-state index contributed by atoms with van der Waals surface area (Å²) in [6.07, 6.45) is 0.883. The Morgan fingerprint density at radius 1 is 0.774 bits per heavy atom. The maximum Gasteiger partial charge on any atom is 0.241 e. The van der Waals surface area contributed by atoms with Gasteiger partial charge >= 0.3 is 0 Å². The molecule has 0 aromatic heterocycles. The van der Waals surface area contributed by atoms with Gasteiger partial charge in [0.2, 0.25) is 15.9 Å². The Balaban J connectivity index is 1.54. The predicted molar refractivity (Wildman–Crippen MR) is 123 cm³/mol. The second-order valence-electron chi connectivity index (χ2n) is 7.60. The van der Waals surface area contributed by atoms with E-state index in [1.165, 1.54) is 0 Å². The molecule has 6 heteroatoms. The van der Waals surface area contributed by atoms with Crippen molar-refractivity contribution in [2.75, 3.05) is 0 Å². The molecular weight excluding hydrogens is 408 g/mol. The molecule has 0 bridgehead atoms. The van der Waals surface area contributed by atoms with Crippen LogP contribution < -0.4 is 10.0 Å². The molecule has 3 aromatic carbocycles. The van der Waals surface area contributed by atoms with E-state index in [4.69, 9.17) is 0 Å². The normalized spacial score (nSPS) is 13.4. The smallest absolute Gasteiger partial charge is 0.241 e. The van der Waals surface area contributed by atoms with Gasteiger partial charge in [0.1, 0.15) is 0 Å². The van der Waals surface area contributed by atoms with E-state index in [1.54, 1.807) is 24.3 Å². The lowest BCUT2D eigenvalue weighted by atomic mass is 10.1. The van der Waals surface area contributed by atoms with E-state index in [0.717, 1.165) is 16.7 Å². The summed E-state index contributed by atoms with van der Waals surface area (Å²) in [5, 5.41) is 2.99. The van der Waals surface area contributed by atoms with Gasteiger partial charge in [-0.25, -0.2) is 13.1 Å². The maximum atomic E-state index is 12.7. The van der Waals surface area contributed by atoms with Crippen molar-refractivity contribution in [3.63, 3.8) is 0 Å². The van der Waals surface area contributed by atoms with E-state index >= 15 is 0 Å². The molecule has 0 radical (unpaired) electrons. The van der Waals surface area contributed by atoms with Crippen LogP contribution in [0.4, 0.5) is 0 Å². The van der Waals surface area contributed by atoms with Crippen LogP contribution in [-0.2, 0) is 21.2 Å². The van der Waals surface area contributed by atoms with Crippen LogP contribution in [0.2, 0.25) is 0 Å². The molecule has 0 unspecified atom stereocenters. The van der Waals surface area contributed by atoms with Crippen LogP contribution in [0.25, 0.3) is 0 Å². The number of rotatable bonds is 9. The van der Waals surface area contributed by atoms with E-state index in [-0.39, 0.29) is 22.9 Å². The Bertz CT molecular complexity index is 1080. The van der Waals surface area contributed by atoms with Crippen LogP contribution in [0.5, 0.6) is 0 Å². The maximum absolute atomic E-state index is 12.7. The molecule has 0 heterocycles. The molecule has 3 rings (SSSR count). The largest absolute Gasteiger partial charge is 0.350 e. The zero-order chi connectivity index (χ0) is 22.3. The van der Waals surface area contributed by atoms with Crippen LogP contribution >= 0.6 is 0 Å². The summed E-state index contributed by atoms with van der Waals surface area (Å²) >= 11 is 0. The highest BCUT2D eigenvalue weighted by Crippen LogP contribution is 2.18. The van der Waals surface area contributed by atoms with E-state index in [0.29, 0.717) is 12.8 Å². The van der Waals surface area contributed by atoms with Gasteiger partial charge in [0.25, 0.3) is 0 Å². The number of carbonyl (C=O) groups is 1. The monoisotopic (exact) mass is 436 g/mol. The van der Waals surface area contributed by atoms with Gasteiger partial charge in [-0.15, -0.1) is 0 Å². The van der Waals surface area contributed by atoms with Gasteiger partial charge < -0.3 is 5.32 Å². The van der Waals surface area contributed by atoms with Crippen molar-refractivity contribution >= 4 is 15.9 Å². The molecule has 0 saturated heterocycles. The van der Waals surface area contributed by atoms with Gasteiger partial charge in [-0.2, -0.15) is 0 Å². The third-order valence-electron chi connectivity index (χ3n) is 5.18. The third kappa shape index (κ3) is 6.51. The van der Waals surface area contributed by atoms with Crippen molar-refractivity contribution in [2.45, 2.75) is 43.7 Å². The summed E-state index contributed by atoms with van der Waals surface area (Å²) in [4.78, 5) is 12.5. The van der Waals surface area contributed by atoms with Gasteiger partial charge in [0.05, 0.1) is 10.9 Å². The van der Waals surface area contributed by atoms with Crippen molar-refractivity contribution in [1.82, 2.24) is 10.0 Å². The number of amides is 1. The van der Waals surface area contributed by atoms with Crippen molar-refractivity contribution in [3.05, 3.63) is 102 Å². The number of hydrogen-bond donors (Lipinski definition) is 2. The number of benzene rings is 3. The van der Waals surface area contributed by atoms with E-state index < -0.39 is 10.0 Å². The van der Waals surface area contributed by atoms with Crippen LogP contribution in [0.1, 0.15) is 49.0 Å². The molecule has 31 heavy (non-hydrogen) atoms. The highest BCUT2D eigenvalue weighted by Gasteiger charge is 2.18. The summed E-state index contributed by atoms with van der Waals surface area (Å²) in [6, 6.07) is 25.5. The lowest BCUT2D eigenvalue weighted by molar-refractivity contribution is -0.121. The lowest BCUT2D eigenvalue weighted by Gasteiger charge is -2.15. The quantitative estimate of drug-likeness (QED) is 0.517. The molecule has 0 aliphatic carbocycles. The minimum Gasteiger partial charge on any atom is -0.350 e. The molecule has 1 amide bonds. The first-order chi connectivity index (χ1) is 14.8. The molecule has 0 aliphatic rings. The minimum absolute atomic E-state index is 0.0357. The van der Waals surface area contributed by atoms with Gasteiger partial charge in [-0.1, -0.05) is 72.8 Å². The molecule has 2 atom stereocenters. The highest BCUT2D eigenvalue weighted by molar-refractivity contribution is 7.89. The number of nitrogens with one attached hydrogen (secondary N) is 2. The predicted octanol–water partition coefficient (Wildman–Crippen LogP) is 4.54. The van der Waals surface area contributed by atoms with Gasteiger partial charge in [-0.05, 0) is 49.1 Å². The van der Waals surface area contributed by atoms with Crippen LogP contribution in [0.3, 0.4) is 0 Å². The summed E-state index contributed by atoms with van der Waals surface area (Å²) in [5.74, 6) is -0.0357. The van der Waals surface area contributed by atoms with Crippen molar-refractivity contribution in [2.24, 2.45) is 0 Å². The zero-order valence-electron chi connectivity index (χ0n) is 17.8. The molecule has 0 fully saturated rings. The highest BCUT2D eigenvalue weighted by atomic mass is 32.2. The molecule has 5 nitrogen and oxygen atoms in total. The fourth-order valence-corrected chi connectivity index (χ4v) is 4.57. The van der Waals surface area contributed by atoms with Gasteiger partial charge in [0.15, 0.2) is 0 Å². The van der Waals surface area contributed by atoms with E-state index in [9.17, 15) is 13.2 Å². The van der Waals surface area contributed by atoms with E-state index in [1.807, 2.05) is 74.5 Å². The molecule has 162 valence electrons. The standard InChI is InChI=1S/C25H28N2O3S/c1-19(22-9-5-3-6-10-22)26-25(28)18-15-21-13-16-24(17-14-21)31(29,30)27-20(2)23-11-7-4-8-12-23/h3-14,16-17,19-20,27H,15,18H2,1-2H3,(H,26,28)/t19-,20+/m0/s1. The summed E-state index contributed by atoms with van der Waals surface area (Å²) in [5.41, 5.74) is 2.87. The molecule has 0 saturated carbocycles. The topological polar surface area (TPSA) is 75.3 Å². The lowest BCUT2D eigenvalue weighted by Crippen LogP contribution is -2.27. The Kier molecular flexibility index (Phi) is 7.60. The summed E-state index contributed by atoms with van der Waals surface area (Å²) < 4.78 is 28.1. The Morgan fingerprint density at radius 2 is 1.29 bits per heavy atom. The minimum atomic E-state index is -3.63. The first kappa shape index (κ1) is 22.7. The Labute approximate surface area is 184 Å². The molecule has 3 aromatic rings. The molecule has 0 aliphatic heterocycles. The first-order valence-corrected chi connectivity index (χ1v) is 11.8. The summed E-state index contributed by atoms with van der Waals surface area (Å²) in [6.45, 7) is 3.77. The fraction of sp³-hybridized carbons (Fsp3) is 0.240. The van der Waals surface area contributed by atoms with Crippen LogP contribution in [0.15, 0.2) is 89.8 Å². The second-order valence-corrected chi connectivity index (χ2v) is 9.31. The van der Waals surface area contributed by atoms with Crippen molar-refractivity contribution in [1.29, 1.82) is 0 Å². The number of aryl methyl sites for hydroxylation is 1. The molecule has 0 spiro atoms.